The summed E-state index contributed by atoms with van der Waals surface area (Å²) in [7, 11) is 0. The van der Waals surface area contributed by atoms with Gasteiger partial charge in [0.2, 0.25) is 11.8 Å². The molecule has 28 heavy (non-hydrogen) atoms. The van der Waals surface area contributed by atoms with Gasteiger partial charge in [-0.15, -0.1) is 0 Å². The van der Waals surface area contributed by atoms with E-state index in [0.717, 1.165) is 12.0 Å². The highest BCUT2D eigenvalue weighted by molar-refractivity contribution is 5.97. The van der Waals surface area contributed by atoms with E-state index in [1.807, 2.05) is 30.3 Å². The van der Waals surface area contributed by atoms with Crippen molar-refractivity contribution in [2.45, 2.75) is 31.7 Å². The minimum atomic E-state index is -0.567. The first-order valence-electron chi connectivity index (χ1n) is 9.49. The molecule has 146 valence electrons. The van der Waals surface area contributed by atoms with E-state index in [2.05, 4.69) is 24.4 Å². The fourth-order valence-electron chi connectivity index (χ4n) is 3.58. The molecule has 1 fully saturated rings. The molecule has 3 N–H and O–H groups in total. The van der Waals surface area contributed by atoms with Gasteiger partial charge in [-0.25, -0.2) is 0 Å². The number of hydrogen-bond donors (Lipinski definition) is 2. The van der Waals surface area contributed by atoms with E-state index in [1.165, 1.54) is 10.5 Å². The lowest BCUT2D eigenvalue weighted by molar-refractivity contribution is -0.136. The summed E-state index contributed by atoms with van der Waals surface area (Å²) in [6.45, 7) is 2.47. The zero-order valence-electron chi connectivity index (χ0n) is 15.9. The Labute approximate surface area is 164 Å². The number of hydrogen-bond acceptors (Lipinski definition) is 3. The Hall–Kier alpha value is -3.15. The molecule has 0 aromatic heterocycles. The topological polar surface area (TPSA) is 92.5 Å². The Morgan fingerprint density at radius 2 is 1.71 bits per heavy atom. The first-order chi connectivity index (χ1) is 13.5. The fourth-order valence-corrected chi connectivity index (χ4v) is 3.58. The van der Waals surface area contributed by atoms with Crippen LogP contribution in [0.2, 0.25) is 0 Å². The van der Waals surface area contributed by atoms with Crippen LogP contribution in [0, 0.1) is 0 Å². The predicted octanol–water partition coefficient (Wildman–Crippen LogP) is 2.04. The number of carbonyl (C=O) groups is 3. The van der Waals surface area contributed by atoms with Gasteiger partial charge >= 0.3 is 0 Å². The monoisotopic (exact) mass is 379 g/mol. The molecule has 1 aliphatic rings. The molecule has 1 heterocycles. The lowest BCUT2D eigenvalue weighted by Gasteiger charge is -2.22. The van der Waals surface area contributed by atoms with Crippen LogP contribution in [0.3, 0.4) is 0 Å². The van der Waals surface area contributed by atoms with Gasteiger partial charge in [0.1, 0.15) is 6.04 Å². The third-order valence-corrected chi connectivity index (χ3v) is 5.27. The van der Waals surface area contributed by atoms with Gasteiger partial charge in [-0.3, -0.25) is 14.4 Å². The zero-order chi connectivity index (χ0) is 20.1. The SMILES string of the molecule is CC(c1ccccc1)c1ccc(C(=O)NCC(=O)N2CCCC2C(N)=O)cc1. The lowest BCUT2D eigenvalue weighted by Crippen LogP contribution is -2.47. The summed E-state index contributed by atoms with van der Waals surface area (Å²) >= 11 is 0. The summed E-state index contributed by atoms with van der Waals surface area (Å²) in [4.78, 5) is 37.5. The van der Waals surface area contributed by atoms with E-state index in [9.17, 15) is 14.4 Å². The van der Waals surface area contributed by atoms with Crippen molar-refractivity contribution in [2.75, 3.05) is 13.1 Å². The van der Waals surface area contributed by atoms with Crippen molar-refractivity contribution in [3.8, 4) is 0 Å². The van der Waals surface area contributed by atoms with Crippen molar-refractivity contribution < 1.29 is 14.4 Å². The van der Waals surface area contributed by atoms with Crippen LogP contribution in [0.15, 0.2) is 54.6 Å². The highest BCUT2D eigenvalue weighted by Crippen LogP contribution is 2.24. The van der Waals surface area contributed by atoms with E-state index < -0.39 is 11.9 Å². The Balaban J connectivity index is 1.58. The zero-order valence-corrected chi connectivity index (χ0v) is 15.9. The quantitative estimate of drug-likeness (QED) is 0.804. The molecule has 2 unspecified atom stereocenters. The molecule has 0 saturated carbocycles. The molecule has 3 rings (SSSR count). The summed E-state index contributed by atoms with van der Waals surface area (Å²) in [6, 6.07) is 17.0. The predicted molar refractivity (Wildman–Crippen MR) is 107 cm³/mol. The number of carbonyl (C=O) groups excluding carboxylic acids is 3. The number of likely N-dealkylation sites (tertiary alicyclic amines) is 1. The summed E-state index contributed by atoms with van der Waals surface area (Å²) < 4.78 is 0. The van der Waals surface area contributed by atoms with Crippen molar-refractivity contribution in [3.63, 3.8) is 0 Å². The number of primary amides is 1. The summed E-state index contributed by atoms with van der Waals surface area (Å²) in [6.07, 6.45) is 1.32. The molecule has 0 radical (unpaired) electrons. The van der Waals surface area contributed by atoms with Gasteiger partial charge in [-0.2, -0.15) is 0 Å². The second-order valence-electron chi connectivity index (χ2n) is 7.08. The maximum atomic E-state index is 12.4. The molecule has 0 aliphatic carbocycles. The smallest absolute Gasteiger partial charge is 0.251 e. The second-order valence-corrected chi connectivity index (χ2v) is 7.08. The summed E-state index contributed by atoms with van der Waals surface area (Å²) in [5.41, 5.74) is 8.14. The number of rotatable bonds is 6. The highest BCUT2D eigenvalue weighted by atomic mass is 16.2. The van der Waals surface area contributed by atoms with Crippen molar-refractivity contribution in [3.05, 3.63) is 71.3 Å². The van der Waals surface area contributed by atoms with Gasteiger partial charge in [-0.1, -0.05) is 49.4 Å². The molecule has 1 aliphatic heterocycles. The third kappa shape index (κ3) is 4.39. The minimum absolute atomic E-state index is 0.148. The van der Waals surface area contributed by atoms with Crippen LogP contribution in [-0.2, 0) is 9.59 Å². The molecule has 6 heteroatoms. The first-order valence-corrected chi connectivity index (χ1v) is 9.49. The molecule has 2 atom stereocenters. The maximum Gasteiger partial charge on any atom is 0.251 e. The van der Waals surface area contributed by atoms with Crippen LogP contribution >= 0.6 is 0 Å². The molecule has 0 spiro atoms. The second kappa shape index (κ2) is 8.69. The summed E-state index contributed by atoms with van der Waals surface area (Å²) in [5.74, 6) is -0.882. The van der Waals surface area contributed by atoms with Crippen molar-refractivity contribution >= 4 is 17.7 Å². The first kappa shape index (κ1) is 19.6. The Bertz CT molecular complexity index is 849. The van der Waals surface area contributed by atoms with Gasteiger partial charge in [-0.05, 0) is 36.1 Å². The molecule has 3 amide bonds. The molecular formula is C22H25N3O3. The van der Waals surface area contributed by atoms with Crippen LogP contribution in [0.1, 0.15) is 47.2 Å². The van der Waals surface area contributed by atoms with Crippen molar-refractivity contribution in [1.29, 1.82) is 0 Å². The highest BCUT2D eigenvalue weighted by Gasteiger charge is 2.32. The van der Waals surface area contributed by atoms with Crippen LogP contribution in [0.5, 0.6) is 0 Å². The number of amides is 3. The number of nitrogens with one attached hydrogen (secondary N) is 1. The number of benzene rings is 2. The maximum absolute atomic E-state index is 12.4. The number of nitrogens with two attached hydrogens (primary N) is 1. The average molecular weight is 379 g/mol. The van der Waals surface area contributed by atoms with Crippen LogP contribution in [0.25, 0.3) is 0 Å². The Morgan fingerprint density at radius 3 is 2.36 bits per heavy atom. The van der Waals surface area contributed by atoms with Gasteiger partial charge in [0.15, 0.2) is 0 Å². The molecule has 0 bridgehead atoms. The van der Waals surface area contributed by atoms with Crippen LogP contribution in [-0.4, -0.2) is 41.8 Å². The van der Waals surface area contributed by atoms with Gasteiger partial charge in [0.05, 0.1) is 6.54 Å². The largest absolute Gasteiger partial charge is 0.368 e. The fraction of sp³-hybridized carbons (Fsp3) is 0.318. The van der Waals surface area contributed by atoms with E-state index in [0.29, 0.717) is 18.5 Å². The average Bonchev–Trinajstić information content (AvgIpc) is 3.22. The molecule has 2 aromatic carbocycles. The van der Waals surface area contributed by atoms with Crippen molar-refractivity contribution in [1.82, 2.24) is 10.2 Å². The van der Waals surface area contributed by atoms with Gasteiger partial charge in [0, 0.05) is 18.0 Å². The van der Waals surface area contributed by atoms with Crippen molar-refractivity contribution in [2.24, 2.45) is 5.73 Å². The normalized spacial score (nSPS) is 17.2. The van der Waals surface area contributed by atoms with E-state index in [1.54, 1.807) is 12.1 Å². The minimum Gasteiger partial charge on any atom is -0.368 e. The van der Waals surface area contributed by atoms with E-state index in [-0.39, 0.29) is 24.3 Å². The summed E-state index contributed by atoms with van der Waals surface area (Å²) in [5, 5.41) is 2.63. The Morgan fingerprint density at radius 1 is 1.07 bits per heavy atom. The lowest BCUT2D eigenvalue weighted by atomic mass is 9.92. The van der Waals surface area contributed by atoms with Gasteiger partial charge in [0.25, 0.3) is 5.91 Å². The number of nitrogens with zero attached hydrogens (tertiary/aromatic N) is 1. The van der Waals surface area contributed by atoms with Gasteiger partial charge < -0.3 is 16.0 Å². The Kier molecular flexibility index (Phi) is 6.09. The van der Waals surface area contributed by atoms with Crippen LogP contribution < -0.4 is 11.1 Å². The molecule has 2 aromatic rings. The molecule has 1 saturated heterocycles. The third-order valence-electron chi connectivity index (χ3n) is 5.27. The van der Waals surface area contributed by atoms with E-state index >= 15 is 0 Å². The van der Waals surface area contributed by atoms with Crippen LogP contribution in [0.4, 0.5) is 0 Å². The molecule has 6 nitrogen and oxygen atoms in total. The molecular weight excluding hydrogens is 354 g/mol. The standard InChI is InChI=1S/C22H25N3O3/c1-15(16-6-3-2-4-7-16)17-9-11-18(12-10-17)22(28)24-14-20(26)25-13-5-8-19(25)21(23)27/h2-4,6-7,9-12,15,19H,5,8,13-14H2,1H3,(H2,23,27)(H,24,28). The van der Waals surface area contributed by atoms with E-state index in [4.69, 9.17) is 5.73 Å².